The molecule has 7 nitrogen and oxygen atoms in total. The van der Waals surface area contributed by atoms with E-state index in [2.05, 4.69) is 9.97 Å². The molecule has 0 spiro atoms. The van der Waals surface area contributed by atoms with E-state index in [1.54, 1.807) is 18.2 Å². The van der Waals surface area contributed by atoms with E-state index >= 15 is 0 Å². The number of carbonyl (C=O) groups is 1. The summed E-state index contributed by atoms with van der Waals surface area (Å²) in [7, 11) is 0. The number of aromatic nitrogens is 3. The van der Waals surface area contributed by atoms with Gasteiger partial charge in [0.1, 0.15) is 24.5 Å². The van der Waals surface area contributed by atoms with Crippen LogP contribution < -0.4 is 4.74 Å². The number of carboxylic acids is 1. The first-order valence-corrected chi connectivity index (χ1v) is 11.8. The molecule has 0 unspecified atom stereocenters. The number of phenolic OH excluding ortho intramolecular Hbond substituents is 1. The minimum Gasteiger partial charge on any atom is -0.507 e. The molecule has 39 heavy (non-hydrogen) atoms. The highest BCUT2D eigenvalue weighted by atomic mass is 19.2. The summed E-state index contributed by atoms with van der Waals surface area (Å²) < 4.78 is 50.5. The maximum atomic E-state index is 14.7. The van der Waals surface area contributed by atoms with Crippen molar-refractivity contribution in [3.63, 3.8) is 0 Å². The van der Waals surface area contributed by atoms with Gasteiger partial charge in [-0.1, -0.05) is 26.0 Å². The zero-order valence-electron chi connectivity index (χ0n) is 20.8. The minimum absolute atomic E-state index is 0.0104. The van der Waals surface area contributed by atoms with E-state index in [1.165, 1.54) is 41.4 Å². The fourth-order valence-electron chi connectivity index (χ4n) is 4.67. The highest BCUT2D eigenvalue weighted by Crippen LogP contribution is 2.46. The summed E-state index contributed by atoms with van der Waals surface area (Å²) in [5, 5.41) is 20.8. The van der Waals surface area contributed by atoms with Crippen LogP contribution in [0.2, 0.25) is 0 Å². The molecule has 0 saturated heterocycles. The second-order valence-corrected chi connectivity index (χ2v) is 9.58. The van der Waals surface area contributed by atoms with Gasteiger partial charge in [0.05, 0.1) is 16.5 Å². The molecule has 0 aliphatic rings. The van der Waals surface area contributed by atoms with Gasteiger partial charge in [0, 0.05) is 46.8 Å². The summed E-state index contributed by atoms with van der Waals surface area (Å²) in [6.07, 6.45) is 2.83. The van der Waals surface area contributed by atoms with Crippen molar-refractivity contribution in [1.29, 1.82) is 0 Å². The van der Waals surface area contributed by atoms with Gasteiger partial charge in [-0.3, -0.25) is 0 Å². The fraction of sp³-hybridized carbons (Fsp3) is 0.138. The number of phenols is 1. The second kappa shape index (κ2) is 9.79. The molecule has 0 radical (unpaired) electrons. The Labute approximate surface area is 220 Å². The standard InChI is InChI=1S/C29H22F3N3O4/c1-29(2,14-39-24-8-9-33-15-34-24)27-25(16-4-3-5-17(10-16)28(37)38)26-22(11-18(30)12-23(26)36)35(27)19-6-7-20(31)21(32)13-19/h3-13,15,36H,14H2,1-2H3,(H,37,38). The lowest BCUT2D eigenvalue weighted by molar-refractivity contribution is 0.0697. The van der Waals surface area contributed by atoms with Crippen LogP contribution in [-0.2, 0) is 5.41 Å². The average Bonchev–Trinajstić information content (AvgIpc) is 3.26. The Kier molecular flexibility index (Phi) is 6.47. The molecule has 0 fully saturated rings. The van der Waals surface area contributed by atoms with Crippen molar-refractivity contribution < 1.29 is 32.9 Å². The Morgan fingerprint density at radius 2 is 1.82 bits per heavy atom. The Hall–Kier alpha value is -4.86. The summed E-state index contributed by atoms with van der Waals surface area (Å²) in [5.41, 5.74) is 0.588. The van der Waals surface area contributed by atoms with Crippen LogP contribution in [0.3, 0.4) is 0 Å². The van der Waals surface area contributed by atoms with E-state index in [-0.39, 0.29) is 34.6 Å². The first-order valence-electron chi connectivity index (χ1n) is 11.8. The summed E-state index contributed by atoms with van der Waals surface area (Å²) in [5.74, 6) is -4.22. The number of aromatic carboxylic acids is 1. The van der Waals surface area contributed by atoms with E-state index in [9.17, 15) is 28.2 Å². The lowest BCUT2D eigenvalue weighted by atomic mass is 9.84. The van der Waals surface area contributed by atoms with Crippen LogP contribution in [0.5, 0.6) is 11.6 Å². The van der Waals surface area contributed by atoms with Gasteiger partial charge in [0.25, 0.3) is 0 Å². The molecule has 2 aromatic heterocycles. The first kappa shape index (κ1) is 25.8. The van der Waals surface area contributed by atoms with Crippen LogP contribution in [0.15, 0.2) is 73.2 Å². The van der Waals surface area contributed by atoms with Crippen LogP contribution in [0.4, 0.5) is 13.2 Å². The Morgan fingerprint density at radius 1 is 1.03 bits per heavy atom. The third-order valence-corrected chi connectivity index (χ3v) is 6.35. The SMILES string of the molecule is CC(C)(COc1ccncn1)c1c(-c2cccc(C(=O)O)c2)c2c(O)cc(F)cc2n1-c1ccc(F)c(F)c1. The quantitative estimate of drug-likeness (QED) is 0.256. The highest BCUT2D eigenvalue weighted by molar-refractivity contribution is 6.04. The van der Waals surface area contributed by atoms with E-state index in [1.807, 2.05) is 13.8 Å². The molecule has 10 heteroatoms. The number of fused-ring (bicyclic) bond motifs is 1. The maximum absolute atomic E-state index is 14.7. The van der Waals surface area contributed by atoms with Gasteiger partial charge in [-0.05, 0) is 35.9 Å². The van der Waals surface area contributed by atoms with Gasteiger partial charge in [0.2, 0.25) is 5.88 Å². The molecule has 5 rings (SSSR count). The largest absolute Gasteiger partial charge is 0.507 e. The zero-order chi connectivity index (χ0) is 27.9. The zero-order valence-corrected chi connectivity index (χ0v) is 20.8. The van der Waals surface area contributed by atoms with Crippen LogP contribution in [0.1, 0.15) is 29.9 Å². The molecular weight excluding hydrogens is 511 g/mol. The number of hydrogen-bond donors (Lipinski definition) is 2. The van der Waals surface area contributed by atoms with Crippen molar-refractivity contribution in [3.05, 3.63) is 102 Å². The maximum Gasteiger partial charge on any atom is 0.335 e. The number of nitrogens with zero attached hydrogens (tertiary/aromatic N) is 3. The van der Waals surface area contributed by atoms with Crippen molar-refractivity contribution in [2.75, 3.05) is 6.61 Å². The minimum atomic E-state index is -1.16. The number of halogens is 3. The normalized spacial score (nSPS) is 11.6. The predicted molar refractivity (Wildman–Crippen MR) is 138 cm³/mol. The average molecular weight is 534 g/mol. The van der Waals surface area contributed by atoms with Crippen LogP contribution in [0.25, 0.3) is 27.7 Å². The lowest BCUT2D eigenvalue weighted by Crippen LogP contribution is -2.30. The van der Waals surface area contributed by atoms with Crippen molar-refractivity contribution in [1.82, 2.24) is 14.5 Å². The summed E-state index contributed by atoms with van der Waals surface area (Å²) in [6, 6.07) is 13.0. The van der Waals surface area contributed by atoms with Crippen molar-refractivity contribution in [2.24, 2.45) is 0 Å². The van der Waals surface area contributed by atoms with Gasteiger partial charge >= 0.3 is 5.97 Å². The molecule has 0 atom stereocenters. The van der Waals surface area contributed by atoms with Crippen molar-refractivity contribution in [3.8, 4) is 28.4 Å². The van der Waals surface area contributed by atoms with Crippen LogP contribution >= 0.6 is 0 Å². The van der Waals surface area contributed by atoms with Crippen LogP contribution in [0, 0.1) is 17.5 Å². The number of hydrogen-bond acceptors (Lipinski definition) is 5. The van der Waals surface area contributed by atoms with Gasteiger partial charge in [-0.15, -0.1) is 0 Å². The lowest BCUT2D eigenvalue weighted by Gasteiger charge is -2.29. The Bertz CT molecular complexity index is 1720. The van der Waals surface area contributed by atoms with Gasteiger partial charge in [-0.2, -0.15) is 0 Å². The summed E-state index contributed by atoms with van der Waals surface area (Å²) in [6.45, 7) is 3.65. The molecule has 0 saturated carbocycles. The third-order valence-electron chi connectivity index (χ3n) is 6.35. The van der Waals surface area contributed by atoms with E-state index < -0.39 is 34.6 Å². The predicted octanol–water partition coefficient (Wildman–Crippen LogP) is 6.27. The smallest absolute Gasteiger partial charge is 0.335 e. The summed E-state index contributed by atoms with van der Waals surface area (Å²) >= 11 is 0. The van der Waals surface area contributed by atoms with Gasteiger partial charge in [0.15, 0.2) is 11.6 Å². The Morgan fingerprint density at radius 3 is 2.51 bits per heavy atom. The summed E-state index contributed by atoms with van der Waals surface area (Å²) in [4.78, 5) is 19.7. The Balaban J connectivity index is 1.87. The molecule has 198 valence electrons. The number of rotatable bonds is 7. The monoisotopic (exact) mass is 533 g/mol. The molecular formula is C29H22F3N3O4. The third kappa shape index (κ3) is 4.76. The molecule has 0 bridgehead atoms. The number of aromatic hydroxyl groups is 1. The van der Waals surface area contributed by atoms with Gasteiger partial charge < -0.3 is 19.5 Å². The van der Waals surface area contributed by atoms with Crippen molar-refractivity contribution in [2.45, 2.75) is 19.3 Å². The number of benzene rings is 3. The molecule has 2 heterocycles. The molecule has 0 amide bonds. The molecule has 5 aromatic rings. The second-order valence-electron chi connectivity index (χ2n) is 9.58. The van der Waals surface area contributed by atoms with Crippen molar-refractivity contribution >= 4 is 16.9 Å². The van der Waals surface area contributed by atoms with Crippen LogP contribution in [-0.4, -0.2) is 37.3 Å². The van der Waals surface area contributed by atoms with E-state index in [0.29, 0.717) is 16.8 Å². The number of carboxylic acid groups (broad SMARTS) is 1. The topological polar surface area (TPSA) is 97.5 Å². The molecule has 3 aromatic carbocycles. The molecule has 2 N–H and O–H groups in total. The number of ether oxygens (including phenoxy) is 1. The van der Waals surface area contributed by atoms with E-state index in [4.69, 9.17) is 4.74 Å². The highest BCUT2D eigenvalue weighted by Gasteiger charge is 2.34. The molecule has 0 aliphatic carbocycles. The van der Waals surface area contributed by atoms with Gasteiger partial charge in [-0.25, -0.2) is 27.9 Å². The molecule has 0 aliphatic heterocycles. The first-order chi connectivity index (χ1) is 18.6. The van der Waals surface area contributed by atoms with E-state index in [0.717, 1.165) is 18.2 Å². The fourth-order valence-corrected chi connectivity index (χ4v) is 4.67.